The maximum Gasteiger partial charge on any atom is 0.327 e. The second-order valence-corrected chi connectivity index (χ2v) is 4.55. The highest BCUT2D eigenvalue weighted by atomic mass is 32.2. The molecule has 7 heteroatoms. The number of carbonyl (C=O) groups excluding carboxylic acids is 1. The van der Waals surface area contributed by atoms with Gasteiger partial charge in [0.25, 0.3) is 5.91 Å². The zero-order valence-electron chi connectivity index (χ0n) is 8.75. The van der Waals surface area contributed by atoms with Gasteiger partial charge in [0.15, 0.2) is 5.43 Å². The Labute approximate surface area is 101 Å². The molecule has 1 aliphatic heterocycles. The Morgan fingerprint density at radius 3 is 2.94 bits per heavy atom. The molecule has 1 unspecified atom stereocenters. The number of aliphatic carboxylic acids is 1. The van der Waals surface area contributed by atoms with Gasteiger partial charge in [0.05, 0.1) is 5.88 Å². The highest BCUT2D eigenvalue weighted by Gasteiger charge is 2.35. The number of carboxylic acid groups (broad SMARTS) is 1. The first kappa shape index (κ1) is 11.7. The maximum atomic E-state index is 12.0. The number of carboxylic acids is 1. The van der Waals surface area contributed by atoms with Gasteiger partial charge >= 0.3 is 5.97 Å². The molecule has 0 radical (unpaired) electrons. The van der Waals surface area contributed by atoms with Crippen molar-refractivity contribution in [2.45, 2.75) is 6.04 Å². The minimum Gasteiger partial charge on any atom is -0.480 e. The number of amides is 1. The zero-order chi connectivity index (χ0) is 12.4. The lowest BCUT2D eigenvalue weighted by molar-refractivity contribution is -0.140. The number of hydrogen-bond acceptors (Lipinski definition) is 4. The first-order chi connectivity index (χ1) is 8.11. The third-order valence-electron chi connectivity index (χ3n) is 2.48. The molecule has 6 nitrogen and oxygen atoms in total. The largest absolute Gasteiger partial charge is 0.480 e. The van der Waals surface area contributed by atoms with Gasteiger partial charge in [-0.3, -0.25) is 9.59 Å². The van der Waals surface area contributed by atoms with Crippen LogP contribution >= 0.6 is 11.8 Å². The molecule has 0 aliphatic carbocycles. The Hall–Kier alpha value is -1.76. The minimum absolute atomic E-state index is 0.0266. The molecule has 1 atom stereocenters. The predicted octanol–water partition coefficient (Wildman–Crippen LogP) is -0.0254. The van der Waals surface area contributed by atoms with Crippen LogP contribution in [0, 0.1) is 0 Å². The molecule has 0 spiro atoms. The zero-order valence-corrected chi connectivity index (χ0v) is 9.57. The summed E-state index contributed by atoms with van der Waals surface area (Å²) in [5.74, 6) is -0.935. The van der Waals surface area contributed by atoms with Crippen molar-refractivity contribution in [3.05, 3.63) is 34.2 Å². The molecule has 1 fully saturated rings. The van der Waals surface area contributed by atoms with Gasteiger partial charge in [0.2, 0.25) is 0 Å². The molecule has 2 heterocycles. The Kier molecular flexibility index (Phi) is 3.19. The van der Waals surface area contributed by atoms with Crippen molar-refractivity contribution in [1.29, 1.82) is 0 Å². The van der Waals surface area contributed by atoms with E-state index >= 15 is 0 Å². The van der Waals surface area contributed by atoms with Crippen molar-refractivity contribution in [1.82, 2.24) is 9.88 Å². The van der Waals surface area contributed by atoms with E-state index in [4.69, 9.17) is 5.11 Å². The van der Waals surface area contributed by atoms with Gasteiger partial charge in [-0.25, -0.2) is 4.79 Å². The lowest BCUT2D eigenvalue weighted by Crippen LogP contribution is -2.43. The molecule has 17 heavy (non-hydrogen) atoms. The minimum atomic E-state index is -1.05. The fraction of sp³-hybridized carbons (Fsp3) is 0.300. The summed E-state index contributed by atoms with van der Waals surface area (Å²) in [6.07, 6.45) is 2.72. The number of H-pyrrole nitrogens is 1. The fourth-order valence-corrected chi connectivity index (χ4v) is 2.73. The van der Waals surface area contributed by atoms with Crippen LogP contribution in [-0.2, 0) is 4.79 Å². The van der Waals surface area contributed by atoms with Crippen LogP contribution < -0.4 is 5.43 Å². The molecule has 1 aromatic heterocycles. The van der Waals surface area contributed by atoms with E-state index in [1.54, 1.807) is 0 Å². The Morgan fingerprint density at radius 2 is 2.29 bits per heavy atom. The number of hydrogen-bond donors (Lipinski definition) is 2. The van der Waals surface area contributed by atoms with E-state index < -0.39 is 23.3 Å². The van der Waals surface area contributed by atoms with E-state index in [1.807, 2.05) is 0 Å². The van der Waals surface area contributed by atoms with Crippen LogP contribution in [0.1, 0.15) is 10.4 Å². The van der Waals surface area contributed by atoms with Crippen LogP contribution in [0.3, 0.4) is 0 Å². The van der Waals surface area contributed by atoms with E-state index in [2.05, 4.69) is 4.98 Å². The number of aromatic nitrogens is 1. The SMILES string of the molecule is O=C(O)C1CSCN1C(=O)c1c[nH]ccc1=O. The Balaban J connectivity index is 2.29. The van der Waals surface area contributed by atoms with E-state index in [0.717, 1.165) is 0 Å². The van der Waals surface area contributed by atoms with Crippen molar-refractivity contribution in [2.24, 2.45) is 0 Å². The predicted molar refractivity (Wildman–Crippen MR) is 62.0 cm³/mol. The summed E-state index contributed by atoms with van der Waals surface area (Å²) in [6.45, 7) is 0. The topological polar surface area (TPSA) is 90.5 Å². The van der Waals surface area contributed by atoms with Gasteiger partial charge in [-0.1, -0.05) is 0 Å². The van der Waals surface area contributed by atoms with E-state index in [0.29, 0.717) is 11.6 Å². The van der Waals surface area contributed by atoms with E-state index in [1.165, 1.54) is 35.1 Å². The molecule has 1 amide bonds. The molecule has 90 valence electrons. The third kappa shape index (κ3) is 2.19. The fourth-order valence-electron chi connectivity index (χ4n) is 1.59. The number of carbonyl (C=O) groups is 2. The Morgan fingerprint density at radius 1 is 1.53 bits per heavy atom. The third-order valence-corrected chi connectivity index (χ3v) is 3.49. The number of rotatable bonds is 2. The van der Waals surface area contributed by atoms with Crippen molar-refractivity contribution in [3.63, 3.8) is 0 Å². The average Bonchev–Trinajstić information content (AvgIpc) is 2.77. The highest BCUT2D eigenvalue weighted by Crippen LogP contribution is 2.22. The monoisotopic (exact) mass is 254 g/mol. The second kappa shape index (κ2) is 4.62. The number of aromatic amines is 1. The van der Waals surface area contributed by atoms with Gasteiger partial charge in [-0.2, -0.15) is 0 Å². The molecule has 1 aromatic rings. The molecule has 1 saturated heterocycles. The molecule has 0 saturated carbocycles. The number of nitrogens with one attached hydrogen (secondary N) is 1. The van der Waals surface area contributed by atoms with Gasteiger partial charge in [-0.05, 0) is 0 Å². The van der Waals surface area contributed by atoms with E-state index in [9.17, 15) is 14.4 Å². The standard InChI is InChI=1S/C10H10N2O4S/c13-8-1-2-11-3-6(8)9(14)12-5-17-4-7(12)10(15)16/h1-3,7H,4-5H2,(H,11,13)(H,15,16). The van der Waals surface area contributed by atoms with E-state index in [-0.39, 0.29) is 5.56 Å². The molecule has 2 N–H and O–H groups in total. The van der Waals surface area contributed by atoms with Crippen LogP contribution in [0.4, 0.5) is 0 Å². The van der Waals surface area contributed by atoms with Gasteiger partial charge < -0.3 is 15.0 Å². The first-order valence-electron chi connectivity index (χ1n) is 4.90. The van der Waals surface area contributed by atoms with Gasteiger partial charge in [-0.15, -0.1) is 11.8 Å². The average molecular weight is 254 g/mol. The second-order valence-electron chi connectivity index (χ2n) is 3.55. The molecule has 2 rings (SSSR count). The van der Waals surface area contributed by atoms with Crippen molar-refractivity contribution in [3.8, 4) is 0 Å². The highest BCUT2D eigenvalue weighted by molar-refractivity contribution is 7.99. The number of thioether (sulfide) groups is 1. The molecule has 0 aromatic carbocycles. The van der Waals surface area contributed by atoms with Gasteiger partial charge in [0.1, 0.15) is 11.6 Å². The van der Waals surface area contributed by atoms with Crippen LogP contribution in [0.15, 0.2) is 23.3 Å². The van der Waals surface area contributed by atoms with Crippen molar-refractivity contribution < 1.29 is 14.7 Å². The van der Waals surface area contributed by atoms with Gasteiger partial charge in [0, 0.05) is 24.2 Å². The molecular weight excluding hydrogens is 244 g/mol. The van der Waals surface area contributed by atoms with Crippen LogP contribution in [0.25, 0.3) is 0 Å². The lowest BCUT2D eigenvalue weighted by atomic mass is 10.2. The maximum absolute atomic E-state index is 12.0. The number of nitrogens with zero attached hydrogens (tertiary/aromatic N) is 1. The lowest BCUT2D eigenvalue weighted by Gasteiger charge is -2.19. The summed E-state index contributed by atoms with van der Waals surface area (Å²) in [5, 5.41) is 8.96. The smallest absolute Gasteiger partial charge is 0.327 e. The Bertz CT molecular complexity index is 513. The normalized spacial score (nSPS) is 19.3. The molecule has 0 bridgehead atoms. The quantitative estimate of drug-likeness (QED) is 0.773. The van der Waals surface area contributed by atoms with Crippen LogP contribution in [0.2, 0.25) is 0 Å². The summed E-state index contributed by atoms with van der Waals surface area (Å²) in [6, 6.07) is 0.388. The summed E-state index contributed by atoms with van der Waals surface area (Å²) >= 11 is 1.36. The van der Waals surface area contributed by atoms with Crippen LogP contribution in [0.5, 0.6) is 0 Å². The van der Waals surface area contributed by atoms with Crippen LogP contribution in [-0.4, -0.2) is 44.5 Å². The molecular formula is C10H10N2O4S. The summed E-state index contributed by atoms with van der Waals surface area (Å²) < 4.78 is 0. The number of pyridine rings is 1. The summed E-state index contributed by atoms with van der Waals surface area (Å²) in [5.41, 5.74) is -0.434. The molecule has 1 aliphatic rings. The van der Waals surface area contributed by atoms with Crippen molar-refractivity contribution in [2.75, 3.05) is 11.6 Å². The summed E-state index contributed by atoms with van der Waals surface area (Å²) in [4.78, 5) is 38.3. The van der Waals surface area contributed by atoms with Crippen molar-refractivity contribution >= 4 is 23.6 Å². The first-order valence-corrected chi connectivity index (χ1v) is 6.05. The summed E-state index contributed by atoms with van der Waals surface area (Å²) in [7, 11) is 0.